The van der Waals surface area contributed by atoms with E-state index in [1.807, 2.05) is 0 Å². The largest absolute Gasteiger partial charge is 0.481 e. The maximum atomic E-state index is 11.6. The summed E-state index contributed by atoms with van der Waals surface area (Å²) in [6, 6.07) is 0.692. The molecule has 4 aliphatic rings. The molecule has 6 N–H and O–H groups in total. The van der Waals surface area contributed by atoms with Gasteiger partial charge in [-0.25, -0.2) is 0 Å². The second kappa shape index (κ2) is 17.4. The molecule has 0 saturated heterocycles. The maximum Gasteiger partial charge on any atom is 0.299 e. The summed E-state index contributed by atoms with van der Waals surface area (Å²) in [4.78, 5) is 11.6. The Balaban J connectivity index is 0.00000576. The van der Waals surface area contributed by atoms with Gasteiger partial charge in [0.25, 0.3) is 5.97 Å². The summed E-state index contributed by atoms with van der Waals surface area (Å²) in [6.45, 7) is 13.0. The molecule has 0 spiro atoms. The van der Waals surface area contributed by atoms with Crippen LogP contribution < -0.4 is 21.7 Å². The normalized spacial score (nSPS) is 35.3. The number of nitrogens with two attached hydrogens (primary N) is 1. The first-order chi connectivity index (χ1) is 21.4. The Bertz CT molecular complexity index is 938. The Kier molecular flexibility index (Phi) is 15.1. The second-order valence-corrected chi connectivity index (χ2v) is 16.5. The van der Waals surface area contributed by atoms with Crippen LogP contribution in [0, 0.1) is 40.4 Å². The van der Waals surface area contributed by atoms with Gasteiger partial charge in [0.2, 0.25) is 0 Å². The van der Waals surface area contributed by atoms with Crippen molar-refractivity contribution in [3.05, 3.63) is 0 Å². The van der Waals surface area contributed by atoms with Crippen LogP contribution >= 0.6 is 0 Å². The average molecular weight is 634 g/mol. The number of unbranched alkanes of at least 4 members (excludes halogenated alkanes) is 1. The summed E-state index contributed by atoms with van der Waals surface area (Å²) < 4.78 is 0. The number of nitrogens with one attached hydrogen (secondary N) is 3. The van der Waals surface area contributed by atoms with Gasteiger partial charge in [-0.3, -0.25) is 4.79 Å². The van der Waals surface area contributed by atoms with E-state index in [2.05, 4.69) is 29.8 Å². The highest BCUT2D eigenvalue weighted by molar-refractivity contribution is 6.48. The predicted molar refractivity (Wildman–Crippen MR) is 197 cm³/mol. The maximum absolute atomic E-state index is 11.6. The fraction of sp³-hybridized carbons (Fsp3) is 0.973. The van der Waals surface area contributed by atoms with Crippen LogP contribution in [-0.4, -0.2) is 79.9 Å². The van der Waals surface area contributed by atoms with Crippen molar-refractivity contribution in [2.45, 2.75) is 148 Å². The molecule has 9 atom stereocenters. The molecule has 0 bridgehead atoms. The summed E-state index contributed by atoms with van der Waals surface area (Å²) >= 11 is 0. The van der Waals surface area contributed by atoms with E-state index in [4.69, 9.17) is 29.3 Å². The highest BCUT2D eigenvalue weighted by atomic mass is 16.4. The van der Waals surface area contributed by atoms with Gasteiger partial charge in [0.1, 0.15) is 0 Å². The van der Waals surface area contributed by atoms with E-state index in [0.717, 1.165) is 82.2 Å². The Morgan fingerprint density at radius 3 is 2.13 bits per heavy atom. The van der Waals surface area contributed by atoms with Crippen molar-refractivity contribution in [3.63, 3.8) is 0 Å². The van der Waals surface area contributed by atoms with Gasteiger partial charge in [0, 0.05) is 11.4 Å². The van der Waals surface area contributed by atoms with Crippen molar-refractivity contribution in [2.75, 3.05) is 39.3 Å². The van der Waals surface area contributed by atoms with Gasteiger partial charge >= 0.3 is 0 Å². The quantitative estimate of drug-likeness (QED) is 0.0885. The third-order valence-corrected chi connectivity index (χ3v) is 13.9. The number of hydrogen-bond donors (Lipinski definition) is 5. The van der Waals surface area contributed by atoms with Gasteiger partial charge in [-0.15, -0.1) is 0 Å². The van der Waals surface area contributed by atoms with E-state index < -0.39 is 16.5 Å². The summed E-state index contributed by atoms with van der Waals surface area (Å²) in [5.74, 6) is 2.99. The molecule has 4 aliphatic carbocycles. The zero-order valence-electron chi connectivity index (χ0n) is 29.2. The number of carboxylic acids is 1. The van der Waals surface area contributed by atoms with Crippen molar-refractivity contribution in [3.8, 4) is 0 Å². The first kappa shape index (κ1) is 39.9. The van der Waals surface area contributed by atoms with Crippen molar-refractivity contribution < 1.29 is 9.90 Å². The number of fused-ring (bicyclic) bond motifs is 5. The van der Waals surface area contributed by atoms with Crippen LogP contribution in [0.5, 0.6) is 0 Å². The monoisotopic (exact) mass is 635 g/mol. The molecular formula is C37H69B3N4O2. The van der Waals surface area contributed by atoms with Crippen LogP contribution in [0.3, 0.4) is 0 Å². The molecule has 4 saturated carbocycles. The van der Waals surface area contributed by atoms with Crippen molar-refractivity contribution in [1.29, 1.82) is 0 Å². The van der Waals surface area contributed by atoms with Crippen LogP contribution in [0.4, 0.5) is 0 Å². The zero-order valence-corrected chi connectivity index (χ0v) is 29.2. The van der Waals surface area contributed by atoms with Crippen molar-refractivity contribution in [2.24, 2.45) is 46.2 Å². The van der Waals surface area contributed by atoms with E-state index in [0.29, 0.717) is 29.2 Å². The molecule has 0 heterocycles. The van der Waals surface area contributed by atoms with Crippen LogP contribution in [0.25, 0.3) is 0 Å². The molecule has 258 valence electrons. The number of carbonyl (C=O) groups is 1. The smallest absolute Gasteiger partial charge is 0.299 e. The average Bonchev–Trinajstić information content (AvgIpc) is 3.33. The first-order valence-electron chi connectivity index (χ1n) is 18.8. The molecule has 6 nitrogen and oxygen atoms in total. The van der Waals surface area contributed by atoms with Crippen molar-refractivity contribution >= 4 is 29.5 Å². The third-order valence-electron chi connectivity index (χ3n) is 13.9. The molecule has 0 aromatic heterocycles. The summed E-state index contributed by atoms with van der Waals surface area (Å²) in [6.07, 6.45) is 19.4. The Hall–Kier alpha value is -0.495. The predicted octanol–water partition coefficient (Wildman–Crippen LogP) is 5.99. The standard InChI is InChI=1S/C36H65B3N4O2.CH4/c1-33-18-15-31-29(30(33)13-11-26(33)9-6-16-36(38,39)35(3,37)32(44)45)12-10-27-25-28(14-17-34(27,31)2)43-24-8-23-42-21-5-4-20-41-22-7-19-40;/h26-31,41-43H,4-25,40H2,1-3H3,(H,44,45);1H4. The van der Waals surface area contributed by atoms with E-state index >= 15 is 0 Å². The molecule has 46 heavy (non-hydrogen) atoms. The SMILES string of the molecule is C.[B]C([B])(CCCC1CCC2C3CCC4CC(NCCCNCCCCNCCCN)CCC4(C)C3CCC12C)C([B])(C)C(=O)O. The molecule has 9 heteroatoms. The Labute approximate surface area is 287 Å². The minimum atomic E-state index is -1.63. The van der Waals surface area contributed by atoms with Gasteiger partial charge in [-0.05, 0) is 170 Å². The first-order valence-corrected chi connectivity index (χ1v) is 18.8. The topological polar surface area (TPSA) is 99.4 Å². The van der Waals surface area contributed by atoms with E-state index in [1.165, 1.54) is 84.0 Å². The number of rotatable bonds is 19. The zero-order chi connectivity index (χ0) is 32.7. The lowest BCUT2D eigenvalue weighted by Crippen LogP contribution is -2.55. The van der Waals surface area contributed by atoms with Gasteiger partial charge in [0.05, 0.1) is 23.5 Å². The summed E-state index contributed by atoms with van der Waals surface area (Å²) in [5.41, 5.74) is 6.43. The van der Waals surface area contributed by atoms with Crippen molar-refractivity contribution in [1.82, 2.24) is 16.0 Å². The number of carboxylic acid groups (broad SMARTS) is 1. The molecule has 0 aromatic rings. The Morgan fingerprint density at radius 2 is 1.46 bits per heavy atom. The minimum Gasteiger partial charge on any atom is -0.481 e. The highest BCUT2D eigenvalue weighted by Crippen LogP contribution is 2.68. The summed E-state index contributed by atoms with van der Waals surface area (Å²) in [5, 5.41) is 17.5. The molecule has 6 radical (unpaired) electrons. The van der Waals surface area contributed by atoms with Crippen LogP contribution in [0.1, 0.15) is 131 Å². The molecule has 0 amide bonds. The fourth-order valence-corrected chi connectivity index (χ4v) is 10.6. The Morgan fingerprint density at radius 1 is 0.826 bits per heavy atom. The molecular weight excluding hydrogens is 565 g/mol. The van der Waals surface area contributed by atoms with Gasteiger partial charge in [-0.1, -0.05) is 46.3 Å². The molecule has 0 aliphatic heterocycles. The minimum absolute atomic E-state index is 0. The number of hydrogen-bond acceptors (Lipinski definition) is 5. The lowest BCUT2D eigenvalue weighted by Gasteiger charge is -2.61. The molecule has 0 aromatic carbocycles. The lowest BCUT2D eigenvalue weighted by atomic mass is 9.35. The fourth-order valence-electron chi connectivity index (χ4n) is 10.6. The van der Waals surface area contributed by atoms with Gasteiger partial charge in [0.15, 0.2) is 0 Å². The van der Waals surface area contributed by atoms with Crippen LogP contribution in [-0.2, 0) is 4.79 Å². The van der Waals surface area contributed by atoms with E-state index in [9.17, 15) is 9.90 Å². The van der Waals surface area contributed by atoms with Crippen LogP contribution in [0.15, 0.2) is 0 Å². The van der Waals surface area contributed by atoms with Crippen LogP contribution in [0.2, 0.25) is 10.5 Å². The van der Waals surface area contributed by atoms with Gasteiger partial charge in [-0.2, -0.15) is 0 Å². The molecule has 9 unspecified atom stereocenters. The van der Waals surface area contributed by atoms with Gasteiger partial charge < -0.3 is 26.8 Å². The molecule has 4 rings (SSSR count). The third kappa shape index (κ3) is 8.99. The second-order valence-electron chi connectivity index (χ2n) is 16.5. The highest BCUT2D eigenvalue weighted by Gasteiger charge is 2.60. The summed E-state index contributed by atoms with van der Waals surface area (Å²) in [7, 11) is 18.5. The van der Waals surface area contributed by atoms with E-state index in [1.54, 1.807) is 0 Å². The number of aliphatic carboxylic acids is 1. The van der Waals surface area contributed by atoms with E-state index in [-0.39, 0.29) is 7.43 Å². The lowest BCUT2D eigenvalue weighted by molar-refractivity contribution is -0.140. The molecule has 4 fully saturated rings.